The second kappa shape index (κ2) is 9.29. The van der Waals surface area contributed by atoms with Crippen molar-refractivity contribution < 1.29 is 14.5 Å². The van der Waals surface area contributed by atoms with Gasteiger partial charge in [0.15, 0.2) is 0 Å². The van der Waals surface area contributed by atoms with Crippen LogP contribution in [0.1, 0.15) is 17.5 Å². The van der Waals surface area contributed by atoms with E-state index in [0.717, 1.165) is 0 Å². The molecule has 2 aromatic rings. The second-order valence-electron chi connectivity index (χ2n) is 5.03. The number of nitrogens with one attached hydrogen (secondary N) is 1. The highest BCUT2D eigenvalue weighted by Crippen LogP contribution is 2.26. The first-order valence-corrected chi connectivity index (χ1v) is 8.13. The minimum absolute atomic E-state index is 0.00942. The van der Waals surface area contributed by atoms with E-state index in [4.69, 9.17) is 10.00 Å². The fourth-order valence-electron chi connectivity index (χ4n) is 1.93. The number of hydrogen-bond acceptors (Lipinski definition) is 6. The van der Waals surface area contributed by atoms with Gasteiger partial charge in [-0.15, -0.1) is 0 Å². The zero-order valence-electron chi connectivity index (χ0n) is 13.4. The van der Waals surface area contributed by atoms with Crippen molar-refractivity contribution in [1.29, 1.82) is 5.26 Å². The van der Waals surface area contributed by atoms with Gasteiger partial charge in [-0.2, -0.15) is 10.4 Å². The number of hydrazone groups is 1. The maximum Gasteiger partial charge on any atom is 0.269 e. The van der Waals surface area contributed by atoms with E-state index in [1.54, 1.807) is 36.4 Å². The number of amides is 1. The summed E-state index contributed by atoms with van der Waals surface area (Å²) in [6, 6.07) is 13.1. The lowest BCUT2D eigenvalue weighted by Gasteiger charge is -2.09. The average molecular weight is 417 g/mol. The summed E-state index contributed by atoms with van der Waals surface area (Å²) in [5.74, 6) is 0.0712. The van der Waals surface area contributed by atoms with Gasteiger partial charge in [0.1, 0.15) is 18.8 Å². The van der Waals surface area contributed by atoms with Crippen molar-refractivity contribution in [1.82, 2.24) is 5.43 Å². The van der Waals surface area contributed by atoms with Gasteiger partial charge in [0.05, 0.1) is 21.7 Å². The molecule has 2 aromatic carbocycles. The maximum atomic E-state index is 11.1. The third-order valence-corrected chi connectivity index (χ3v) is 3.73. The lowest BCUT2D eigenvalue weighted by molar-refractivity contribution is -0.384. The molecule has 26 heavy (non-hydrogen) atoms. The van der Waals surface area contributed by atoms with Crippen LogP contribution in [0.15, 0.2) is 52.0 Å². The Morgan fingerprint density at radius 2 is 2.19 bits per heavy atom. The summed E-state index contributed by atoms with van der Waals surface area (Å²) in [5, 5.41) is 22.9. The number of nitriles is 1. The fourth-order valence-corrected chi connectivity index (χ4v) is 2.44. The molecule has 0 heterocycles. The Morgan fingerprint density at radius 1 is 1.38 bits per heavy atom. The van der Waals surface area contributed by atoms with Crippen LogP contribution in [0.25, 0.3) is 0 Å². The van der Waals surface area contributed by atoms with E-state index in [1.165, 1.54) is 18.3 Å². The SMILES string of the molecule is N#CCC(=O)N/N=C\c1ccc(OCc2cccc([N+](=O)[O-])c2)c(Br)c1. The van der Waals surface area contributed by atoms with E-state index < -0.39 is 10.8 Å². The highest BCUT2D eigenvalue weighted by atomic mass is 79.9. The van der Waals surface area contributed by atoms with E-state index in [9.17, 15) is 14.9 Å². The van der Waals surface area contributed by atoms with Crippen LogP contribution in [-0.4, -0.2) is 17.0 Å². The Labute approximate surface area is 157 Å². The monoisotopic (exact) mass is 416 g/mol. The number of hydrogen-bond donors (Lipinski definition) is 1. The van der Waals surface area contributed by atoms with Gasteiger partial charge < -0.3 is 4.74 Å². The van der Waals surface area contributed by atoms with Crippen molar-refractivity contribution in [2.75, 3.05) is 0 Å². The largest absolute Gasteiger partial charge is 0.488 e. The van der Waals surface area contributed by atoms with Crippen LogP contribution in [-0.2, 0) is 11.4 Å². The van der Waals surface area contributed by atoms with Gasteiger partial charge >= 0.3 is 0 Å². The molecule has 1 N–H and O–H groups in total. The molecule has 8 nitrogen and oxygen atoms in total. The van der Waals surface area contributed by atoms with Crippen molar-refractivity contribution in [3.05, 3.63) is 68.2 Å². The molecule has 0 fully saturated rings. The number of nitro benzene ring substituents is 1. The number of nitrogens with zero attached hydrogens (tertiary/aromatic N) is 3. The first-order chi connectivity index (χ1) is 12.5. The van der Waals surface area contributed by atoms with E-state index in [0.29, 0.717) is 21.3 Å². The maximum absolute atomic E-state index is 11.1. The Kier molecular flexibility index (Phi) is 6.82. The molecule has 0 unspecified atom stereocenters. The molecule has 0 aliphatic heterocycles. The van der Waals surface area contributed by atoms with E-state index in [1.807, 2.05) is 0 Å². The van der Waals surface area contributed by atoms with Crippen LogP contribution in [0.2, 0.25) is 0 Å². The fraction of sp³-hybridized carbons (Fsp3) is 0.118. The third-order valence-electron chi connectivity index (χ3n) is 3.11. The number of ether oxygens (including phenoxy) is 1. The molecule has 0 aliphatic carbocycles. The smallest absolute Gasteiger partial charge is 0.269 e. The summed E-state index contributed by atoms with van der Waals surface area (Å²) in [4.78, 5) is 21.5. The zero-order chi connectivity index (χ0) is 18.9. The van der Waals surface area contributed by atoms with Crippen molar-refractivity contribution >= 4 is 33.7 Å². The van der Waals surface area contributed by atoms with Crippen molar-refractivity contribution in [2.45, 2.75) is 13.0 Å². The summed E-state index contributed by atoms with van der Waals surface area (Å²) in [6.07, 6.45) is 1.18. The minimum Gasteiger partial charge on any atom is -0.488 e. The van der Waals surface area contributed by atoms with Gasteiger partial charge in [-0.25, -0.2) is 5.43 Å². The summed E-state index contributed by atoms with van der Waals surface area (Å²) in [6.45, 7) is 0.179. The number of non-ortho nitro benzene ring substituents is 1. The molecule has 0 spiro atoms. The highest BCUT2D eigenvalue weighted by molar-refractivity contribution is 9.10. The van der Waals surface area contributed by atoms with Crippen LogP contribution < -0.4 is 10.2 Å². The van der Waals surface area contributed by atoms with Gasteiger partial charge in [-0.1, -0.05) is 12.1 Å². The van der Waals surface area contributed by atoms with Crippen LogP contribution in [0, 0.1) is 21.4 Å². The molecular formula is C17H13BrN4O4. The number of benzene rings is 2. The van der Waals surface area contributed by atoms with Crippen LogP contribution in [0.3, 0.4) is 0 Å². The molecule has 132 valence electrons. The number of carbonyl (C=O) groups is 1. The van der Waals surface area contributed by atoms with E-state index >= 15 is 0 Å². The lowest BCUT2D eigenvalue weighted by atomic mass is 10.2. The molecular weight excluding hydrogens is 404 g/mol. The molecule has 0 saturated carbocycles. The standard InChI is InChI=1S/C17H13BrN4O4/c18-15-9-12(10-20-21-17(23)6-7-19)4-5-16(15)26-11-13-2-1-3-14(8-13)22(24)25/h1-5,8-10H,6,11H2,(H,21,23)/b20-10-. The molecule has 0 bridgehead atoms. The summed E-state index contributed by atoms with van der Waals surface area (Å²) in [7, 11) is 0. The predicted octanol–water partition coefficient (Wildman–Crippen LogP) is 3.30. The molecule has 2 rings (SSSR count). The van der Waals surface area contributed by atoms with Crippen molar-refractivity contribution in [2.24, 2.45) is 5.10 Å². The Morgan fingerprint density at radius 3 is 2.88 bits per heavy atom. The molecule has 1 amide bonds. The minimum atomic E-state index is -0.486. The molecule has 0 aromatic heterocycles. The van der Waals surface area contributed by atoms with Gasteiger partial charge in [-0.3, -0.25) is 14.9 Å². The van der Waals surface area contributed by atoms with Gasteiger partial charge in [0.25, 0.3) is 11.6 Å². The predicted molar refractivity (Wildman–Crippen MR) is 97.5 cm³/mol. The molecule has 0 saturated heterocycles. The molecule has 0 radical (unpaired) electrons. The van der Waals surface area contributed by atoms with E-state index in [-0.39, 0.29) is 18.7 Å². The van der Waals surface area contributed by atoms with Gasteiger partial charge in [0, 0.05) is 12.1 Å². The van der Waals surface area contributed by atoms with Crippen molar-refractivity contribution in [3.63, 3.8) is 0 Å². The zero-order valence-corrected chi connectivity index (χ0v) is 15.0. The molecule has 9 heteroatoms. The number of nitro groups is 1. The third kappa shape index (κ3) is 5.68. The quantitative estimate of drug-likeness (QED) is 0.421. The molecule has 0 aliphatic rings. The van der Waals surface area contributed by atoms with Crippen LogP contribution in [0.5, 0.6) is 5.75 Å². The number of halogens is 1. The lowest BCUT2D eigenvalue weighted by Crippen LogP contribution is -2.16. The Balaban J connectivity index is 1.98. The number of rotatable bonds is 7. The number of carbonyl (C=O) groups excluding carboxylic acids is 1. The Bertz CT molecular complexity index is 893. The summed E-state index contributed by atoms with van der Waals surface area (Å²) < 4.78 is 6.33. The second-order valence-corrected chi connectivity index (χ2v) is 5.89. The topological polar surface area (TPSA) is 118 Å². The normalized spacial score (nSPS) is 10.3. The van der Waals surface area contributed by atoms with Gasteiger partial charge in [0.2, 0.25) is 0 Å². The Hall–Kier alpha value is -3.25. The highest BCUT2D eigenvalue weighted by Gasteiger charge is 2.07. The summed E-state index contributed by atoms with van der Waals surface area (Å²) in [5.41, 5.74) is 3.63. The first-order valence-electron chi connectivity index (χ1n) is 7.34. The average Bonchev–Trinajstić information content (AvgIpc) is 2.61. The van der Waals surface area contributed by atoms with Crippen LogP contribution >= 0.6 is 15.9 Å². The van der Waals surface area contributed by atoms with Crippen molar-refractivity contribution in [3.8, 4) is 11.8 Å². The first kappa shape index (κ1) is 19.1. The molecule has 0 atom stereocenters. The summed E-state index contributed by atoms with van der Waals surface area (Å²) >= 11 is 3.38. The van der Waals surface area contributed by atoms with Gasteiger partial charge in [-0.05, 0) is 45.3 Å². The van der Waals surface area contributed by atoms with Crippen LogP contribution in [0.4, 0.5) is 5.69 Å². The van der Waals surface area contributed by atoms with E-state index in [2.05, 4.69) is 26.5 Å².